The number of methoxy groups -OCH3 is 1. The van der Waals surface area contributed by atoms with E-state index in [1.165, 1.54) is 18.2 Å². The average molecular weight is 214 g/mol. The van der Waals surface area contributed by atoms with E-state index in [1.54, 1.807) is 14.1 Å². The number of nitrogens with zero attached hydrogens (tertiary/aromatic N) is 2. The summed E-state index contributed by atoms with van der Waals surface area (Å²) in [5.74, 6) is -1.87. The van der Waals surface area contributed by atoms with Crippen LogP contribution in [0.2, 0.25) is 0 Å². The first-order valence-corrected chi connectivity index (χ1v) is 4.54. The van der Waals surface area contributed by atoms with E-state index in [0.29, 0.717) is 6.42 Å². The number of hydrogen-bond donors (Lipinski definition) is 0. The van der Waals surface area contributed by atoms with Crippen molar-refractivity contribution in [2.75, 3.05) is 21.2 Å². The van der Waals surface area contributed by atoms with Crippen LogP contribution in [0.5, 0.6) is 0 Å². The predicted octanol–water partition coefficient (Wildman–Crippen LogP) is -0.362. The summed E-state index contributed by atoms with van der Waals surface area (Å²) in [6.45, 7) is 0. The van der Waals surface area contributed by atoms with Crippen LogP contribution in [-0.2, 0) is 19.2 Å². The molecule has 0 bridgehead atoms. The summed E-state index contributed by atoms with van der Waals surface area (Å²) in [6.07, 6.45) is 1.43. The maximum absolute atomic E-state index is 11.7. The van der Waals surface area contributed by atoms with Crippen LogP contribution < -0.4 is 0 Å². The molecular formula is C9H14N2O4. The molecular weight excluding hydrogens is 200 g/mol. The van der Waals surface area contributed by atoms with Gasteiger partial charge in [-0.3, -0.25) is 9.59 Å². The summed E-state index contributed by atoms with van der Waals surface area (Å²) in [6, 6.07) is 0. The van der Waals surface area contributed by atoms with E-state index in [9.17, 15) is 9.59 Å². The molecule has 84 valence electrons. The molecule has 0 radical (unpaired) electrons. The molecule has 0 aromatic rings. The van der Waals surface area contributed by atoms with Gasteiger partial charge in [0.1, 0.15) is 0 Å². The van der Waals surface area contributed by atoms with Crippen LogP contribution in [0.25, 0.3) is 0 Å². The van der Waals surface area contributed by atoms with E-state index in [-0.39, 0.29) is 5.91 Å². The zero-order valence-electron chi connectivity index (χ0n) is 8.97. The SMILES string of the molecule is COC(=O)C(C(=O)N(C)C)C1CC=NO1. The molecule has 0 aliphatic carbocycles. The largest absolute Gasteiger partial charge is 0.468 e. The Morgan fingerprint density at radius 3 is 2.67 bits per heavy atom. The van der Waals surface area contributed by atoms with Crippen LogP contribution in [0.15, 0.2) is 5.16 Å². The monoisotopic (exact) mass is 214 g/mol. The second-order valence-corrected chi connectivity index (χ2v) is 3.40. The first-order valence-electron chi connectivity index (χ1n) is 4.54. The predicted molar refractivity (Wildman–Crippen MR) is 52.2 cm³/mol. The lowest BCUT2D eigenvalue weighted by atomic mass is 9.99. The molecule has 0 aromatic heterocycles. The van der Waals surface area contributed by atoms with Crippen LogP contribution in [0, 0.1) is 5.92 Å². The summed E-state index contributed by atoms with van der Waals surface area (Å²) < 4.78 is 4.57. The third-order valence-electron chi connectivity index (χ3n) is 2.14. The summed E-state index contributed by atoms with van der Waals surface area (Å²) in [4.78, 5) is 29.4. The van der Waals surface area contributed by atoms with Crippen molar-refractivity contribution in [2.24, 2.45) is 11.1 Å². The minimum absolute atomic E-state index is 0.336. The highest BCUT2D eigenvalue weighted by atomic mass is 16.6. The summed E-state index contributed by atoms with van der Waals surface area (Å²) in [5.41, 5.74) is 0. The number of carbonyl (C=O) groups is 2. The Morgan fingerprint density at radius 2 is 2.27 bits per heavy atom. The second kappa shape index (κ2) is 4.77. The lowest BCUT2D eigenvalue weighted by Crippen LogP contribution is -2.42. The van der Waals surface area contributed by atoms with Crippen molar-refractivity contribution in [3.05, 3.63) is 0 Å². The standard InChI is InChI=1S/C9H14N2O4/c1-11(2)8(12)7(9(13)14-3)6-4-5-10-15-6/h5-7H,4H2,1-3H3. The average Bonchev–Trinajstić information content (AvgIpc) is 2.70. The number of ether oxygens (including phenoxy) is 1. The first kappa shape index (κ1) is 11.5. The summed E-state index contributed by atoms with van der Waals surface area (Å²) in [7, 11) is 4.40. The molecule has 1 amide bonds. The van der Waals surface area contributed by atoms with Gasteiger partial charge in [0.2, 0.25) is 5.91 Å². The zero-order chi connectivity index (χ0) is 11.4. The van der Waals surface area contributed by atoms with Gasteiger partial charge in [-0.15, -0.1) is 0 Å². The van der Waals surface area contributed by atoms with E-state index in [1.807, 2.05) is 0 Å². The molecule has 0 N–H and O–H groups in total. The second-order valence-electron chi connectivity index (χ2n) is 3.40. The van der Waals surface area contributed by atoms with Gasteiger partial charge in [0.15, 0.2) is 12.0 Å². The molecule has 2 atom stereocenters. The number of oxime groups is 1. The van der Waals surface area contributed by atoms with Gasteiger partial charge in [-0.25, -0.2) is 0 Å². The Bertz CT molecular complexity index is 280. The van der Waals surface area contributed by atoms with Crippen LogP contribution in [0.1, 0.15) is 6.42 Å². The molecule has 6 heteroatoms. The summed E-state index contributed by atoms with van der Waals surface area (Å²) >= 11 is 0. The van der Waals surface area contributed by atoms with Gasteiger partial charge in [-0.05, 0) is 0 Å². The number of carbonyl (C=O) groups excluding carboxylic acids is 2. The normalized spacial score (nSPS) is 20.6. The van der Waals surface area contributed by atoms with E-state index in [0.717, 1.165) is 0 Å². The van der Waals surface area contributed by atoms with Crippen LogP contribution >= 0.6 is 0 Å². The Kier molecular flexibility index (Phi) is 3.65. The Hall–Kier alpha value is -1.59. The Balaban J connectivity index is 2.77. The van der Waals surface area contributed by atoms with Crippen LogP contribution in [-0.4, -0.2) is 50.3 Å². The third kappa shape index (κ3) is 2.45. The fraction of sp³-hybridized carbons (Fsp3) is 0.667. The molecule has 0 aromatic carbocycles. The molecule has 1 rings (SSSR count). The molecule has 0 fully saturated rings. The molecule has 1 aliphatic rings. The van der Waals surface area contributed by atoms with Crippen molar-refractivity contribution in [3.63, 3.8) is 0 Å². The lowest BCUT2D eigenvalue weighted by Gasteiger charge is -2.21. The Labute approximate surface area is 87.8 Å². The van der Waals surface area contributed by atoms with Crippen molar-refractivity contribution >= 4 is 18.1 Å². The summed E-state index contributed by atoms with van der Waals surface area (Å²) in [5, 5.41) is 3.54. The molecule has 6 nitrogen and oxygen atoms in total. The van der Waals surface area contributed by atoms with E-state index < -0.39 is 18.0 Å². The van der Waals surface area contributed by atoms with Crippen molar-refractivity contribution in [1.82, 2.24) is 4.90 Å². The quantitative estimate of drug-likeness (QED) is 0.475. The fourth-order valence-electron chi connectivity index (χ4n) is 1.32. The molecule has 1 aliphatic heterocycles. The van der Waals surface area contributed by atoms with Gasteiger partial charge in [-0.1, -0.05) is 5.16 Å². The van der Waals surface area contributed by atoms with Crippen LogP contribution in [0.4, 0.5) is 0 Å². The molecule has 1 heterocycles. The van der Waals surface area contributed by atoms with E-state index in [4.69, 9.17) is 4.84 Å². The van der Waals surface area contributed by atoms with Gasteiger partial charge in [0, 0.05) is 26.7 Å². The van der Waals surface area contributed by atoms with Crippen molar-refractivity contribution in [3.8, 4) is 0 Å². The van der Waals surface area contributed by atoms with Crippen molar-refractivity contribution < 1.29 is 19.2 Å². The lowest BCUT2D eigenvalue weighted by molar-refractivity contribution is -0.159. The number of hydrogen-bond acceptors (Lipinski definition) is 5. The number of amides is 1. The van der Waals surface area contributed by atoms with Gasteiger partial charge in [0.25, 0.3) is 0 Å². The highest BCUT2D eigenvalue weighted by Gasteiger charge is 2.39. The Morgan fingerprint density at radius 1 is 1.60 bits per heavy atom. The molecule has 0 spiro atoms. The van der Waals surface area contributed by atoms with Crippen LogP contribution in [0.3, 0.4) is 0 Å². The topological polar surface area (TPSA) is 68.2 Å². The third-order valence-corrected chi connectivity index (χ3v) is 2.14. The zero-order valence-corrected chi connectivity index (χ0v) is 8.97. The molecule has 15 heavy (non-hydrogen) atoms. The highest BCUT2D eigenvalue weighted by molar-refractivity contribution is 5.98. The maximum atomic E-state index is 11.7. The fourth-order valence-corrected chi connectivity index (χ4v) is 1.32. The minimum Gasteiger partial charge on any atom is -0.468 e. The van der Waals surface area contributed by atoms with Gasteiger partial charge >= 0.3 is 5.97 Å². The minimum atomic E-state index is -0.938. The van der Waals surface area contributed by atoms with E-state index >= 15 is 0 Å². The van der Waals surface area contributed by atoms with Gasteiger partial charge in [0.05, 0.1) is 7.11 Å². The number of rotatable bonds is 3. The molecule has 0 saturated carbocycles. The molecule has 0 saturated heterocycles. The first-order chi connectivity index (χ1) is 7.07. The highest BCUT2D eigenvalue weighted by Crippen LogP contribution is 2.19. The van der Waals surface area contributed by atoms with E-state index in [2.05, 4.69) is 9.89 Å². The maximum Gasteiger partial charge on any atom is 0.322 e. The number of esters is 1. The van der Waals surface area contributed by atoms with Crippen molar-refractivity contribution in [2.45, 2.75) is 12.5 Å². The van der Waals surface area contributed by atoms with Gasteiger partial charge < -0.3 is 14.5 Å². The van der Waals surface area contributed by atoms with Crippen molar-refractivity contribution in [1.29, 1.82) is 0 Å². The smallest absolute Gasteiger partial charge is 0.322 e. The molecule has 2 unspecified atom stereocenters. The van der Waals surface area contributed by atoms with Gasteiger partial charge in [-0.2, -0.15) is 0 Å².